The fourth-order valence-electron chi connectivity index (χ4n) is 4.35. The van der Waals surface area contributed by atoms with Crippen molar-refractivity contribution >= 4 is 17.5 Å². The van der Waals surface area contributed by atoms with Crippen molar-refractivity contribution in [3.8, 4) is 5.75 Å². The minimum absolute atomic E-state index is 0.0242. The molecular weight excluding hydrogens is 382 g/mol. The summed E-state index contributed by atoms with van der Waals surface area (Å²) in [7, 11) is 1.87. The van der Waals surface area contributed by atoms with Gasteiger partial charge in [-0.1, -0.05) is 26.2 Å². The van der Waals surface area contributed by atoms with Crippen molar-refractivity contribution < 1.29 is 19.4 Å². The zero-order valence-corrected chi connectivity index (χ0v) is 18.3. The van der Waals surface area contributed by atoms with Crippen LogP contribution < -0.4 is 15.4 Å². The zero-order valence-electron chi connectivity index (χ0n) is 18.3. The third-order valence-electron chi connectivity index (χ3n) is 6.31. The van der Waals surface area contributed by atoms with E-state index in [2.05, 4.69) is 17.6 Å². The Hall–Kier alpha value is -2.12. The summed E-state index contributed by atoms with van der Waals surface area (Å²) < 4.78 is 6.21. The number of benzene rings is 1. The van der Waals surface area contributed by atoms with E-state index >= 15 is 0 Å². The highest BCUT2D eigenvalue weighted by atomic mass is 16.5. The number of anilines is 1. The van der Waals surface area contributed by atoms with Gasteiger partial charge < -0.3 is 25.4 Å². The number of amides is 2. The molecule has 1 aromatic rings. The number of rotatable bonds is 6. The number of aliphatic hydroxyl groups is 1. The van der Waals surface area contributed by atoms with Crippen molar-refractivity contribution in [3.05, 3.63) is 23.8 Å². The molecule has 0 unspecified atom stereocenters. The topological polar surface area (TPSA) is 90.9 Å². The maximum atomic E-state index is 13.3. The molecule has 2 amide bonds. The molecule has 0 saturated heterocycles. The van der Waals surface area contributed by atoms with Gasteiger partial charge in [-0.25, -0.2) is 0 Å². The Morgan fingerprint density at radius 1 is 1.30 bits per heavy atom. The first-order valence-corrected chi connectivity index (χ1v) is 11.1. The lowest BCUT2D eigenvalue weighted by atomic mass is 9.88. The van der Waals surface area contributed by atoms with Crippen LogP contribution in [0.2, 0.25) is 0 Å². The van der Waals surface area contributed by atoms with Crippen LogP contribution in [-0.2, 0) is 4.79 Å². The lowest BCUT2D eigenvalue weighted by molar-refractivity contribution is -0.120. The number of ether oxygens (including phenoxy) is 1. The summed E-state index contributed by atoms with van der Waals surface area (Å²) in [4.78, 5) is 27.7. The molecule has 2 aliphatic rings. The van der Waals surface area contributed by atoms with Crippen molar-refractivity contribution in [3.63, 3.8) is 0 Å². The smallest absolute Gasteiger partial charge is 0.258 e. The van der Waals surface area contributed by atoms with Crippen molar-refractivity contribution in [1.82, 2.24) is 10.2 Å². The van der Waals surface area contributed by atoms with Gasteiger partial charge in [0.15, 0.2) is 0 Å². The minimum Gasteiger partial charge on any atom is -0.488 e. The van der Waals surface area contributed by atoms with Crippen LogP contribution in [0.25, 0.3) is 0 Å². The Kier molecular flexibility index (Phi) is 7.72. The second-order valence-corrected chi connectivity index (χ2v) is 8.72. The van der Waals surface area contributed by atoms with E-state index in [0.29, 0.717) is 30.1 Å². The number of hydrogen-bond donors (Lipinski definition) is 3. The van der Waals surface area contributed by atoms with Crippen LogP contribution in [0.4, 0.5) is 5.69 Å². The molecule has 1 heterocycles. The molecule has 1 aliphatic heterocycles. The van der Waals surface area contributed by atoms with Gasteiger partial charge in [0, 0.05) is 30.6 Å². The molecule has 7 nitrogen and oxygen atoms in total. The van der Waals surface area contributed by atoms with Crippen LogP contribution in [0.1, 0.15) is 56.3 Å². The summed E-state index contributed by atoms with van der Waals surface area (Å²) >= 11 is 0. The quantitative estimate of drug-likeness (QED) is 0.662. The van der Waals surface area contributed by atoms with Gasteiger partial charge in [0.25, 0.3) is 5.91 Å². The van der Waals surface area contributed by atoms with E-state index in [1.165, 1.54) is 6.42 Å². The molecule has 3 N–H and O–H groups in total. The summed E-state index contributed by atoms with van der Waals surface area (Å²) in [5.74, 6) is 0.484. The van der Waals surface area contributed by atoms with Crippen LogP contribution in [-0.4, -0.2) is 60.7 Å². The summed E-state index contributed by atoms with van der Waals surface area (Å²) in [5.41, 5.74) is 1.03. The normalized spacial score (nSPS) is 23.7. The van der Waals surface area contributed by atoms with Gasteiger partial charge in [0.2, 0.25) is 5.91 Å². The predicted octanol–water partition coefficient (Wildman–Crippen LogP) is 2.64. The first kappa shape index (κ1) is 22.6. The first-order valence-electron chi connectivity index (χ1n) is 11.1. The van der Waals surface area contributed by atoms with Gasteiger partial charge in [-0.3, -0.25) is 9.59 Å². The number of carbonyl (C=O) groups excluding carboxylic acids is 2. The number of nitrogens with one attached hydrogen (secondary N) is 2. The zero-order chi connectivity index (χ0) is 21.7. The van der Waals surface area contributed by atoms with Crippen molar-refractivity contribution in [2.75, 3.05) is 32.1 Å². The second-order valence-electron chi connectivity index (χ2n) is 8.72. The van der Waals surface area contributed by atoms with Gasteiger partial charge in [0.05, 0.1) is 18.2 Å². The molecule has 1 aromatic carbocycles. The number of aliphatic hydroxyl groups excluding tert-OH is 1. The Morgan fingerprint density at radius 3 is 2.70 bits per heavy atom. The Morgan fingerprint density at radius 2 is 2.03 bits per heavy atom. The molecule has 0 radical (unpaired) electrons. The van der Waals surface area contributed by atoms with E-state index in [1.807, 2.05) is 14.0 Å². The third kappa shape index (κ3) is 5.13. The highest BCUT2D eigenvalue weighted by Crippen LogP contribution is 2.31. The number of likely N-dealkylation sites (N-methyl/N-ethyl adjacent to an activating group) is 1. The predicted molar refractivity (Wildman–Crippen MR) is 117 cm³/mol. The molecular formula is C23H35N3O4. The van der Waals surface area contributed by atoms with Gasteiger partial charge in [-0.15, -0.1) is 0 Å². The summed E-state index contributed by atoms with van der Waals surface area (Å²) in [6, 6.07) is 4.98. The van der Waals surface area contributed by atoms with E-state index in [-0.39, 0.29) is 42.4 Å². The van der Waals surface area contributed by atoms with E-state index in [0.717, 1.165) is 25.7 Å². The fourth-order valence-corrected chi connectivity index (χ4v) is 4.35. The van der Waals surface area contributed by atoms with Crippen LogP contribution >= 0.6 is 0 Å². The number of hydrogen-bond acceptors (Lipinski definition) is 5. The number of carbonyl (C=O) groups is 2. The molecule has 0 bridgehead atoms. The average Bonchev–Trinajstić information content (AvgIpc) is 2.76. The molecule has 166 valence electrons. The Bertz CT molecular complexity index is 748. The molecule has 30 heavy (non-hydrogen) atoms. The molecule has 1 fully saturated rings. The fraction of sp³-hybridized carbons (Fsp3) is 0.652. The second kappa shape index (κ2) is 10.3. The molecule has 7 heteroatoms. The number of fused-ring (bicyclic) bond motifs is 1. The van der Waals surface area contributed by atoms with E-state index in [4.69, 9.17) is 4.74 Å². The van der Waals surface area contributed by atoms with Crippen LogP contribution in [0.15, 0.2) is 18.2 Å². The maximum absolute atomic E-state index is 13.3. The van der Waals surface area contributed by atoms with Gasteiger partial charge >= 0.3 is 0 Å². The van der Waals surface area contributed by atoms with Gasteiger partial charge in [-0.05, 0) is 45.0 Å². The highest BCUT2D eigenvalue weighted by molar-refractivity contribution is 6.00. The monoisotopic (exact) mass is 417 g/mol. The van der Waals surface area contributed by atoms with Crippen molar-refractivity contribution in [2.45, 2.75) is 58.1 Å². The molecule has 1 aliphatic carbocycles. The third-order valence-corrected chi connectivity index (χ3v) is 6.31. The molecule has 0 aromatic heterocycles. The van der Waals surface area contributed by atoms with Crippen LogP contribution in [0, 0.1) is 11.8 Å². The van der Waals surface area contributed by atoms with Crippen molar-refractivity contribution in [1.29, 1.82) is 0 Å². The Labute approximate surface area is 179 Å². The van der Waals surface area contributed by atoms with Gasteiger partial charge in [-0.2, -0.15) is 0 Å². The summed E-state index contributed by atoms with van der Waals surface area (Å²) in [6.07, 6.45) is 5.10. The minimum atomic E-state index is -0.304. The average molecular weight is 418 g/mol. The maximum Gasteiger partial charge on any atom is 0.258 e. The molecule has 3 rings (SSSR count). The SMILES string of the molecule is CNC[C@@H]1Oc2ccc(NC(=O)C3CCCCC3)cc2C(=O)N([C@H](C)CO)C[C@H]1C. The van der Waals surface area contributed by atoms with Crippen molar-refractivity contribution in [2.24, 2.45) is 11.8 Å². The molecule has 0 spiro atoms. The summed E-state index contributed by atoms with van der Waals surface area (Å²) in [6.45, 7) is 4.93. The van der Waals surface area contributed by atoms with Gasteiger partial charge in [0.1, 0.15) is 11.9 Å². The molecule has 3 atom stereocenters. The van der Waals surface area contributed by atoms with E-state index in [9.17, 15) is 14.7 Å². The number of nitrogens with zero attached hydrogens (tertiary/aromatic N) is 1. The lowest BCUT2D eigenvalue weighted by Crippen LogP contribution is -2.49. The van der Waals surface area contributed by atoms with E-state index < -0.39 is 0 Å². The van der Waals surface area contributed by atoms with Crippen LogP contribution in [0.3, 0.4) is 0 Å². The first-order chi connectivity index (χ1) is 14.4. The summed E-state index contributed by atoms with van der Waals surface area (Å²) in [5, 5.41) is 15.8. The van der Waals surface area contributed by atoms with E-state index in [1.54, 1.807) is 23.1 Å². The molecule has 1 saturated carbocycles. The lowest BCUT2D eigenvalue weighted by Gasteiger charge is -2.37. The Balaban J connectivity index is 1.89. The highest BCUT2D eigenvalue weighted by Gasteiger charge is 2.33. The van der Waals surface area contributed by atoms with Crippen LogP contribution in [0.5, 0.6) is 5.75 Å². The largest absolute Gasteiger partial charge is 0.488 e. The standard InChI is InChI=1S/C23H35N3O4/c1-15-13-26(16(2)14-27)23(29)19-11-18(9-10-20(19)30-21(15)12-24-3)25-22(28)17-7-5-4-6-8-17/h9-11,15-17,21,24,27H,4-8,12-14H2,1-3H3,(H,25,28)/t15-,16-,21+/m1/s1.